The smallest absolute Gasteiger partial charge is 0.145 e. The Kier molecular flexibility index (Phi) is 4.00. The highest BCUT2D eigenvalue weighted by Crippen LogP contribution is 2.33. The lowest BCUT2D eigenvalue weighted by molar-refractivity contribution is 0.467. The number of phenolic OH excluding ortho intramolecular Hbond substituents is 1. The molecule has 0 saturated heterocycles. The summed E-state index contributed by atoms with van der Waals surface area (Å²) in [6.45, 7) is 6.55. The van der Waals surface area contributed by atoms with Gasteiger partial charge in [0.1, 0.15) is 22.5 Å². The number of fused-ring (bicyclic) bond motifs is 1. The Bertz CT molecular complexity index is 1060. The van der Waals surface area contributed by atoms with E-state index in [1.807, 2.05) is 53.4 Å². The molecule has 6 heteroatoms. The van der Waals surface area contributed by atoms with E-state index in [1.165, 1.54) is 4.80 Å². The third-order valence-corrected chi connectivity index (χ3v) is 4.95. The van der Waals surface area contributed by atoms with Gasteiger partial charge in [-0.15, -0.1) is 26.8 Å². The van der Waals surface area contributed by atoms with E-state index in [0.717, 1.165) is 21.6 Å². The first-order chi connectivity index (χ1) is 12.4. The molecule has 4 aromatic rings. The molecule has 2 aromatic carbocycles. The lowest BCUT2D eigenvalue weighted by atomic mass is 10.2. The lowest BCUT2D eigenvalue weighted by Crippen LogP contribution is -2.06. The minimum atomic E-state index is 0.135. The molecule has 5 nitrogen and oxygen atoms in total. The molecule has 0 atom stereocenters. The van der Waals surface area contributed by atoms with Gasteiger partial charge < -0.3 is 9.67 Å². The van der Waals surface area contributed by atoms with Crippen molar-refractivity contribution in [2.45, 2.75) is 30.4 Å². The molecule has 132 valence electrons. The maximum absolute atomic E-state index is 10.5. The van der Waals surface area contributed by atoms with Crippen molar-refractivity contribution in [1.29, 1.82) is 0 Å². The van der Waals surface area contributed by atoms with Gasteiger partial charge in [-0.05, 0) is 42.5 Å². The molecule has 1 N–H and O–H groups in total. The van der Waals surface area contributed by atoms with Crippen LogP contribution in [0, 0.1) is 0 Å². The number of phenols is 1. The van der Waals surface area contributed by atoms with E-state index < -0.39 is 0 Å². The van der Waals surface area contributed by atoms with Crippen molar-refractivity contribution in [2.24, 2.45) is 0 Å². The molecular formula is C20H20N4OS. The molecule has 0 spiro atoms. The van der Waals surface area contributed by atoms with Crippen molar-refractivity contribution in [3.8, 4) is 17.1 Å². The molecule has 4 rings (SSSR count). The van der Waals surface area contributed by atoms with Crippen molar-refractivity contribution < 1.29 is 5.11 Å². The SMILES string of the molecule is CC(C)(C)Sc1ccc2nn(-c3ccc(-n4cccc4)cc3O)nc2c1. The van der Waals surface area contributed by atoms with Gasteiger partial charge in [-0.1, -0.05) is 20.8 Å². The molecule has 0 aliphatic heterocycles. The van der Waals surface area contributed by atoms with E-state index >= 15 is 0 Å². The third-order valence-electron chi connectivity index (χ3n) is 3.85. The molecule has 26 heavy (non-hydrogen) atoms. The van der Waals surface area contributed by atoms with Gasteiger partial charge in [-0.25, -0.2) is 0 Å². The average Bonchev–Trinajstić information content (AvgIpc) is 3.22. The van der Waals surface area contributed by atoms with Gasteiger partial charge in [0, 0.05) is 33.8 Å². The molecule has 0 amide bonds. The summed E-state index contributed by atoms with van der Waals surface area (Å²) in [5.41, 5.74) is 3.06. The number of rotatable bonds is 3. The summed E-state index contributed by atoms with van der Waals surface area (Å²) in [6, 6.07) is 15.4. The maximum Gasteiger partial charge on any atom is 0.145 e. The Labute approximate surface area is 156 Å². The molecule has 0 radical (unpaired) electrons. The van der Waals surface area contributed by atoms with Crippen molar-refractivity contribution in [3.05, 3.63) is 60.9 Å². The maximum atomic E-state index is 10.5. The van der Waals surface area contributed by atoms with Crippen LogP contribution in [-0.4, -0.2) is 29.4 Å². The second kappa shape index (κ2) is 6.21. The fourth-order valence-corrected chi connectivity index (χ4v) is 3.78. The van der Waals surface area contributed by atoms with E-state index in [4.69, 9.17) is 0 Å². The van der Waals surface area contributed by atoms with Gasteiger partial charge in [0.05, 0.1) is 0 Å². The Balaban J connectivity index is 1.70. The van der Waals surface area contributed by atoms with Crippen LogP contribution in [0.1, 0.15) is 20.8 Å². The fraction of sp³-hybridized carbons (Fsp3) is 0.200. The monoisotopic (exact) mass is 364 g/mol. The summed E-state index contributed by atoms with van der Waals surface area (Å²) in [5.74, 6) is 0.140. The normalized spacial score (nSPS) is 12.0. The van der Waals surface area contributed by atoms with Gasteiger partial charge in [0.25, 0.3) is 0 Å². The zero-order chi connectivity index (χ0) is 18.3. The minimum absolute atomic E-state index is 0.135. The number of hydrogen-bond acceptors (Lipinski definition) is 4. The number of hydrogen-bond donors (Lipinski definition) is 1. The molecule has 0 fully saturated rings. The topological polar surface area (TPSA) is 55.9 Å². The van der Waals surface area contributed by atoms with Crippen molar-refractivity contribution >= 4 is 22.8 Å². The number of thioether (sulfide) groups is 1. The van der Waals surface area contributed by atoms with E-state index in [2.05, 4.69) is 37.0 Å². The van der Waals surface area contributed by atoms with Crippen molar-refractivity contribution in [3.63, 3.8) is 0 Å². The van der Waals surface area contributed by atoms with Crippen LogP contribution < -0.4 is 0 Å². The summed E-state index contributed by atoms with van der Waals surface area (Å²) in [6.07, 6.45) is 3.87. The van der Waals surface area contributed by atoms with Crippen LogP contribution in [-0.2, 0) is 0 Å². The molecule has 0 saturated carbocycles. The summed E-state index contributed by atoms with van der Waals surface area (Å²) in [5, 5.41) is 19.5. The first-order valence-electron chi connectivity index (χ1n) is 8.42. The fourth-order valence-electron chi connectivity index (χ4n) is 2.77. The first kappa shape index (κ1) is 16.7. The Hall–Kier alpha value is -2.73. The van der Waals surface area contributed by atoms with Gasteiger partial charge in [-0.3, -0.25) is 0 Å². The number of benzene rings is 2. The summed E-state index contributed by atoms with van der Waals surface area (Å²) < 4.78 is 2.07. The van der Waals surface area contributed by atoms with E-state index in [-0.39, 0.29) is 10.5 Å². The summed E-state index contributed by atoms with van der Waals surface area (Å²) >= 11 is 1.80. The van der Waals surface area contributed by atoms with Gasteiger partial charge in [0.2, 0.25) is 0 Å². The van der Waals surface area contributed by atoms with Gasteiger partial charge >= 0.3 is 0 Å². The second-order valence-corrected chi connectivity index (χ2v) is 9.02. The number of aromatic hydroxyl groups is 1. The predicted octanol–water partition coefficient (Wildman–Crippen LogP) is 4.81. The molecule has 0 aliphatic carbocycles. The van der Waals surface area contributed by atoms with Crippen LogP contribution in [0.3, 0.4) is 0 Å². The standard InChI is InChI=1S/C20H20N4OS/c1-20(2,3)26-15-7-8-16-17(13-15)22-24(21-16)18-9-6-14(12-19(18)25)23-10-4-5-11-23/h4-13,25H,1-3H3. The molecule has 0 unspecified atom stereocenters. The van der Waals surface area contributed by atoms with E-state index in [9.17, 15) is 5.11 Å². The lowest BCUT2D eigenvalue weighted by Gasteiger charge is -2.17. The van der Waals surface area contributed by atoms with Crippen LogP contribution in [0.2, 0.25) is 0 Å². The van der Waals surface area contributed by atoms with E-state index in [1.54, 1.807) is 17.8 Å². The average molecular weight is 364 g/mol. The van der Waals surface area contributed by atoms with E-state index in [0.29, 0.717) is 5.69 Å². The van der Waals surface area contributed by atoms with Gasteiger partial charge in [-0.2, -0.15) is 0 Å². The minimum Gasteiger partial charge on any atom is -0.506 e. The quantitative estimate of drug-likeness (QED) is 0.530. The third kappa shape index (κ3) is 3.32. The summed E-state index contributed by atoms with van der Waals surface area (Å²) in [4.78, 5) is 2.65. The van der Waals surface area contributed by atoms with Crippen LogP contribution >= 0.6 is 11.8 Å². The van der Waals surface area contributed by atoms with Crippen LogP contribution in [0.5, 0.6) is 5.75 Å². The Morgan fingerprint density at radius 1 is 0.923 bits per heavy atom. The Morgan fingerprint density at radius 3 is 2.35 bits per heavy atom. The molecular weight excluding hydrogens is 344 g/mol. The highest BCUT2D eigenvalue weighted by Gasteiger charge is 2.14. The zero-order valence-corrected chi connectivity index (χ0v) is 15.7. The molecule has 2 heterocycles. The first-order valence-corrected chi connectivity index (χ1v) is 9.24. The highest BCUT2D eigenvalue weighted by molar-refractivity contribution is 8.00. The van der Waals surface area contributed by atoms with Gasteiger partial charge in [0.15, 0.2) is 0 Å². The second-order valence-electron chi connectivity index (χ2n) is 7.12. The molecule has 0 aliphatic rings. The van der Waals surface area contributed by atoms with Crippen LogP contribution in [0.4, 0.5) is 0 Å². The summed E-state index contributed by atoms with van der Waals surface area (Å²) in [7, 11) is 0. The Morgan fingerprint density at radius 2 is 1.65 bits per heavy atom. The van der Waals surface area contributed by atoms with Crippen LogP contribution in [0.15, 0.2) is 65.8 Å². The van der Waals surface area contributed by atoms with Crippen molar-refractivity contribution in [2.75, 3.05) is 0 Å². The highest BCUT2D eigenvalue weighted by atomic mass is 32.2. The number of aromatic nitrogens is 4. The van der Waals surface area contributed by atoms with Crippen molar-refractivity contribution in [1.82, 2.24) is 19.6 Å². The molecule has 2 aromatic heterocycles. The predicted molar refractivity (Wildman–Crippen MR) is 105 cm³/mol. The molecule has 0 bridgehead atoms. The number of nitrogens with zero attached hydrogens (tertiary/aromatic N) is 4. The van der Waals surface area contributed by atoms with Crippen LogP contribution in [0.25, 0.3) is 22.4 Å². The largest absolute Gasteiger partial charge is 0.506 e. The zero-order valence-electron chi connectivity index (χ0n) is 14.9.